The Morgan fingerprint density at radius 3 is 2.36 bits per heavy atom. The monoisotopic (exact) mass is 593 g/mol. The number of thioether (sulfide) groups is 1. The molecule has 1 aliphatic carbocycles. The van der Waals surface area contributed by atoms with Crippen LogP contribution < -0.4 is 10.6 Å². The van der Waals surface area contributed by atoms with E-state index in [1.54, 1.807) is 12.1 Å². The third kappa shape index (κ3) is 9.06. The predicted molar refractivity (Wildman–Crippen MR) is 167 cm³/mol. The lowest BCUT2D eigenvalue weighted by Gasteiger charge is -2.39. The Hall–Kier alpha value is -3.37. The molecule has 1 heterocycles. The van der Waals surface area contributed by atoms with Crippen molar-refractivity contribution in [3.8, 4) is 0 Å². The minimum atomic E-state index is -1.13. The lowest BCUT2D eigenvalue weighted by Crippen LogP contribution is -2.64. The summed E-state index contributed by atoms with van der Waals surface area (Å²) in [7, 11) is 2.05. The third-order valence-electron chi connectivity index (χ3n) is 7.51. The van der Waals surface area contributed by atoms with Gasteiger partial charge in [-0.15, -0.1) is 5.10 Å². The lowest BCUT2D eigenvalue weighted by atomic mass is 9.88. The first-order valence-corrected chi connectivity index (χ1v) is 15.9. The Balaban J connectivity index is 1.43. The van der Waals surface area contributed by atoms with E-state index in [0.717, 1.165) is 37.4 Å². The van der Waals surface area contributed by atoms with Crippen LogP contribution in [-0.4, -0.2) is 64.1 Å². The molecular weight excluding hydrogens is 550 g/mol. The van der Waals surface area contributed by atoms with Gasteiger partial charge in [0.25, 0.3) is 17.4 Å². The molecule has 1 unspecified atom stereocenters. The summed E-state index contributed by atoms with van der Waals surface area (Å²) in [6.07, 6.45) is 3.80. The van der Waals surface area contributed by atoms with Crippen molar-refractivity contribution in [2.45, 2.75) is 77.2 Å². The zero-order valence-electron chi connectivity index (χ0n) is 24.9. The van der Waals surface area contributed by atoms with Gasteiger partial charge in [-0.25, -0.2) is 4.79 Å². The Labute approximate surface area is 253 Å². The molecule has 0 aromatic heterocycles. The first-order chi connectivity index (χ1) is 20.2. The van der Waals surface area contributed by atoms with Gasteiger partial charge in [-0.2, -0.15) is 5.01 Å². The van der Waals surface area contributed by atoms with E-state index < -0.39 is 17.9 Å². The minimum absolute atomic E-state index is 0.189. The molecule has 3 amide bonds. The second-order valence-electron chi connectivity index (χ2n) is 11.5. The van der Waals surface area contributed by atoms with Crippen molar-refractivity contribution >= 4 is 34.7 Å². The molecule has 1 fully saturated rings. The number of ketones is 1. The maximum absolute atomic E-state index is 13.7. The van der Waals surface area contributed by atoms with Crippen LogP contribution in [0.5, 0.6) is 0 Å². The molecule has 1 aliphatic heterocycles. The van der Waals surface area contributed by atoms with E-state index in [0.29, 0.717) is 41.7 Å². The number of carbonyl (C=O) groups is 3. The van der Waals surface area contributed by atoms with Crippen LogP contribution in [0.4, 0.5) is 4.79 Å². The van der Waals surface area contributed by atoms with Gasteiger partial charge in [0.05, 0.1) is 0 Å². The Kier molecular flexibility index (Phi) is 11.4. The van der Waals surface area contributed by atoms with E-state index >= 15 is 0 Å². The van der Waals surface area contributed by atoms with Crippen LogP contribution in [0, 0.1) is 5.92 Å². The standard InChI is InChI=1S/C32H43N5O4S/c1-24(2)17-18-27(38)29-37(35-31(41-29)42-22-21-36(3)23-25-13-7-4-8-14-25)30(40)34-32(19-11-6-12-20-32)33-28(39)26-15-9-5-10-16-26/h4-5,7-10,13-16,24,29H,6,11-12,17-23H2,1-3H3,(H,33,39)(H,34,40). The van der Waals surface area contributed by atoms with Gasteiger partial charge in [0.15, 0.2) is 5.78 Å². The van der Waals surface area contributed by atoms with Crippen LogP contribution in [-0.2, 0) is 16.1 Å². The molecule has 0 spiro atoms. The summed E-state index contributed by atoms with van der Waals surface area (Å²) in [6.45, 7) is 5.70. The highest BCUT2D eigenvalue weighted by atomic mass is 32.2. The molecular formula is C32H43N5O4S. The number of hydrogen-bond acceptors (Lipinski definition) is 7. The van der Waals surface area contributed by atoms with Crippen LogP contribution in [0.3, 0.4) is 0 Å². The summed E-state index contributed by atoms with van der Waals surface area (Å²) in [5, 5.41) is 12.0. The number of benzene rings is 2. The van der Waals surface area contributed by atoms with Gasteiger partial charge in [-0.1, -0.05) is 80.6 Å². The van der Waals surface area contributed by atoms with Gasteiger partial charge in [0.1, 0.15) is 5.66 Å². The molecule has 0 bridgehead atoms. The largest absolute Gasteiger partial charge is 0.438 e. The van der Waals surface area contributed by atoms with E-state index in [9.17, 15) is 14.4 Å². The third-order valence-corrected chi connectivity index (χ3v) is 8.32. The molecule has 2 aromatic rings. The minimum Gasteiger partial charge on any atom is -0.438 e. The zero-order valence-corrected chi connectivity index (χ0v) is 25.7. The van der Waals surface area contributed by atoms with E-state index in [-0.39, 0.29) is 18.1 Å². The smallest absolute Gasteiger partial charge is 0.343 e. The maximum atomic E-state index is 13.7. The van der Waals surface area contributed by atoms with Crippen LogP contribution in [0.25, 0.3) is 0 Å². The summed E-state index contributed by atoms with van der Waals surface area (Å²) in [5.41, 5.74) is 0.824. The average Bonchev–Trinajstić information content (AvgIpc) is 3.42. The molecule has 10 heteroatoms. The first-order valence-electron chi connectivity index (χ1n) is 14.9. The Morgan fingerprint density at radius 1 is 1.02 bits per heavy atom. The number of urea groups is 1. The summed E-state index contributed by atoms with van der Waals surface area (Å²) < 4.78 is 5.98. The van der Waals surface area contributed by atoms with Crippen LogP contribution in [0.2, 0.25) is 0 Å². The Bertz CT molecular complexity index is 1220. The highest BCUT2D eigenvalue weighted by Crippen LogP contribution is 2.29. The molecule has 4 rings (SSSR count). The molecule has 226 valence electrons. The number of amides is 3. The summed E-state index contributed by atoms with van der Waals surface area (Å²) in [6, 6.07) is 18.7. The maximum Gasteiger partial charge on any atom is 0.343 e. The van der Waals surface area contributed by atoms with E-state index in [1.165, 1.54) is 17.3 Å². The number of carbonyl (C=O) groups excluding carboxylic acids is 3. The lowest BCUT2D eigenvalue weighted by molar-refractivity contribution is -0.131. The van der Waals surface area contributed by atoms with Gasteiger partial charge in [0.2, 0.25) is 0 Å². The summed E-state index contributed by atoms with van der Waals surface area (Å²) in [4.78, 5) is 42.2. The molecule has 2 aliphatic rings. The number of hydrogen-bond donors (Lipinski definition) is 2. The molecule has 0 radical (unpaired) electrons. The van der Waals surface area contributed by atoms with Crippen molar-refractivity contribution < 1.29 is 19.1 Å². The van der Waals surface area contributed by atoms with E-state index in [2.05, 4.69) is 53.7 Å². The number of nitrogens with zero attached hydrogens (tertiary/aromatic N) is 3. The van der Waals surface area contributed by atoms with E-state index in [4.69, 9.17) is 4.74 Å². The van der Waals surface area contributed by atoms with Gasteiger partial charge in [-0.05, 0) is 62.8 Å². The quantitative estimate of drug-likeness (QED) is 0.311. The Morgan fingerprint density at radius 2 is 1.69 bits per heavy atom. The van der Waals surface area contributed by atoms with Crippen molar-refractivity contribution in [2.24, 2.45) is 11.0 Å². The fraction of sp³-hybridized carbons (Fsp3) is 0.500. The number of Topliss-reactive ketones (excluding diaryl/α,β-unsaturated/α-hetero) is 1. The molecule has 42 heavy (non-hydrogen) atoms. The zero-order chi connectivity index (χ0) is 30.0. The number of nitrogens with one attached hydrogen (secondary N) is 2. The van der Waals surface area contributed by atoms with Crippen LogP contribution in [0.15, 0.2) is 65.8 Å². The second-order valence-corrected chi connectivity index (χ2v) is 12.6. The van der Waals surface area contributed by atoms with Crippen LogP contribution in [0.1, 0.15) is 74.7 Å². The topological polar surface area (TPSA) is 103 Å². The van der Waals surface area contributed by atoms with Gasteiger partial charge >= 0.3 is 6.03 Å². The van der Waals surface area contributed by atoms with E-state index in [1.807, 2.05) is 36.4 Å². The van der Waals surface area contributed by atoms with Gasteiger partial charge in [0, 0.05) is 30.8 Å². The number of ether oxygens (including phenoxy) is 1. The van der Waals surface area contributed by atoms with Crippen molar-refractivity contribution in [1.29, 1.82) is 0 Å². The molecule has 2 N–H and O–H groups in total. The molecule has 1 atom stereocenters. The SMILES string of the molecule is CC(C)CCC(=O)C1OC(SCCN(C)Cc2ccccc2)=NN1C(=O)NC1(NC(=O)c2ccccc2)CCCCC1. The molecule has 2 aromatic carbocycles. The molecule has 0 saturated heterocycles. The fourth-order valence-electron chi connectivity index (χ4n) is 5.12. The summed E-state index contributed by atoms with van der Waals surface area (Å²) in [5.74, 6) is 0.581. The van der Waals surface area contributed by atoms with Crippen molar-refractivity contribution in [1.82, 2.24) is 20.5 Å². The fourth-order valence-corrected chi connectivity index (χ4v) is 6.00. The average molecular weight is 594 g/mol. The van der Waals surface area contributed by atoms with Crippen molar-refractivity contribution in [3.63, 3.8) is 0 Å². The van der Waals surface area contributed by atoms with Crippen molar-refractivity contribution in [3.05, 3.63) is 71.8 Å². The first kappa shape index (κ1) is 31.6. The highest BCUT2D eigenvalue weighted by molar-refractivity contribution is 8.13. The highest BCUT2D eigenvalue weighted by Gasteiger charge is 2.42. The summed E-state index contributed by atoms with van der Waals surface area (Å²) >= 11 is 1.39. The van der Waals surface area contributed by atoms with Gasteiger partial charge < -0.3 is 20.3 Å². The second kappa shape index (κ2) is 15.2. The number of hydrazone groups is 1. The normalized spacial score (nSPS) is 18.0. The van der Waals surface area contributed by atoms with Gasteiger partial charge in [-0.3, -0.25) is 9.59 Å². The molecule has 1 saturated carbocycles. The molecule has 9 nitrogen and oxygen atoms in total. The van der Waals surface area contributed by atoms with Crippen molar-refractivity contribution in [2.75, 3.05) is 19.3 Å². The van der Waals surface area contributed by atoms with Crippen LogP contribution >= 0.6 is 11.8 Å². The predicted octanol–water partition coefficient (Wildman–Crippen LogP) is 5.59. The number of rotatable bonds is 12.